The monoisotopic (exact) mass is 539 g/mol. The summed E-state index contributed by atoms with van der Waals surface area (Å²) in [4.78, 5) is 19.1. The van der Waals surface area contributed by atoms with Crippen molar-refractivity contribution in [2.75, 3.05) is 39.7 Å². The number of carbonyl (C=O) groups is 1. The Hall–Kier alpha value is -4.62. The molecule has 0 radical (unpaired) electrons. The Morgan fingerprint density at radius 3 is 2.38 bits per heavy atom. The Morgan fingerprint density at radius 2 is 1.62 bits per heavy atom. The predicted octanol–water partition coefficient (Wildman–Crippen LogP) is 7.65. The predicted molar refractivity (Wildman–Crippen MR) is 164 cm³/mol. The minimum atomic E-state index is -0.142. The molecule has 0 aliphatic rings. The van der Waals surface area contributed by atoms with Crippen molar-refractivity contribution >= 4 is 33.3 Å². The molecule has 0 atom stereocenters. The summed E-state index contributed by atoms with van der Waals surface area (Å²) in [5.41, 5.74) is 2.10. The summed E-state index contributed by atoms with van der Waals surface area (Å²) in [6.45, 7) is 5.33. The summed E-state index contributed by atoms with van der Waals surface area (Å²) in [7, 11) is 5.63. The molecule has 0 unspecified atom stereocenters. The van der Waals surface area contributed by atoms with Crippen molar-refractivity contribution in [2.24, 2.45) is 0 Å². The van der Waals surface area contributed by atoms with Crippen molar-refractivity contribution in [1.29, 1.82) is 0 Å². The second-order valence-corrected chi connectivity index (χ2v) is 9.13. The number of benzene rings is 4. The Morgan fingerprint density at radius 1 is 0.875 bits per heavy atom. The zero-order valence-corrected chi connectivity index (χ0v) is 23.6. The van der Waals surface area contributed by atoms with E-state index in [-0.39, 0.29) is 7.33 Å². The molecule has 1 amide bonds. The van der Waals surface area contributed by atoms with Crippen molar-refractivity contribution in [1.82, 2.24) is 9.88 Å². The molecule has 0 aliphatic heterocycles. The molecule has 5 rings (SSSR count). The number of hydrogen-bond acceptors (Lipinski definition) is 6. The number of fused-ring (bicyclic) bond motifs is 2. The minimum absolute atomic E-state index is 0. The SMILES string of the molecule is CC.COc1cc2c(Oc3ccc4cc(NC(=O)c5ccccc5)ccc4c3)ccnc2cc1OCCN(C)C.[HH]. The second kappa shape index (κ2) is 13.4. The van der Waals surface area contributed by atoms with E-state index in [1.807, 2.05) is 101 Å². The van der Waals surface area contributed by atoms with E-state index in [1.54, 1.807) is 25.4 Å². The number of pyridine rings is 1. The van der Waals surface area contributed by atoms with Crippen LogP contribution in [0.15, 0.2) is 91.1 Å². The van der Waals surface area contributed by atoms with Gasteiger partial charge < -0.3 is 24.4 Å². The summed E-state index contributed by atoms with van der Waals surface area (Å²) >= 11 is 0. The van der Waals surface area contributed by atoms with Gasteiger partial charge in [-0.2, -0.15) is 0 Å². The smallest absolute Gasteiger partial charge is 0.255 e. The number of anilines is 1. The molecule has 5 aromatic rings. The average molecular weight is 540 g/mol. The van der Waals surface area contributed by atoms with E-state index < -0.39 is 0 Å². The number of hydrogen-bond donors (Lipinski definition) is 1. The van der Waals surface area contributed by atoms with Crippen LogP contribution < -0.4 is 19.5 Å². The summed E-state index contributed by atoms with van der Waals surface area (Å²) in [5.74, 6) is 2.48. The number of amides is 1. The largest absolute Gasteiger partial charge is 0.493 e. The maximum Gasteiger partial charge on any atom is 0.255 e. The zero-order valence-electron chi connectivity index (χ0n) is 23.6. The van der Waals surface area contributed by atoms with Gasteiger partial charge in [0.1, 0.15) is 18.1 Å². The van der Waals surface area contributed by atoms with Crippen LogP contribution in [0.3, 0.4) is 0 Å². The zero-order chi connectivity index (χ0) is 28.5. The maximum atomic E-state index is 12.5. The number of likely N-dealkylation sites (N-methyl/N-ethyl adjacent to an activating group) is 1. The first kappa shape index (κ1) is 28.4. The second-order valence-electron chi connectivity index (χ2n) is 9.13. The molecule has 0 aliphatic carbocycles. The van der Waals surface area contributed by atoms with Gasteiger partial charge in [-0.1, -0.05) is 44.2 Å². The van der Waals surface area contributed by atoms with Crippen molar-refractivity contribution in [3.63, 3.8) is 0 Å². The highest BCUT2D eigenvalue weighted by Gasteiger charge is 2.13. The summed E-state index contributed by atoms with van der Waals surface area (Å²) < 4.78 is 17.8. The van der Waals surface area contributed by atoms with Gasteiger partial charge in [0.15, 0.2) is 11.5 Å². The Kier molecular flexibility index (Phi) is 9.54. The highest BCUT2D eigenvalue weighted by atomic mass is 16.5. The number of rotatable bonds is 9. The fraction of sp³-hybridized carbons (Fsp3) is 0.212. The first-order chi connectivity index (χ1) is 19.5. The van der Waals surface area contributed by atoms with Crippen LogP contribution in [0.1, 0.15) is 25.6 Å². The van der Waals surface area contributed by atoms with E-state index in [0.717, 1.165) is 33.9 Å². The lowest BCUT2D eigenvalue weighted by molar-refractivity contribution is 0.102. The van der Waals surface area contributed by atoms with E-state index in [0.29, 0.717) is 35.2 Å². The number of nitrogens with one attached hydrogen (secondary N) is 1. The number of ether oxygens (including phenoxy) is 3. The van der Waals surface area contributed by atoms with Gasteiger partial charge in [-0.25, -0.2) is 0 Å². The molecule has 40 heavy (non-hydrogen) atoms. The van der Waals surface area contributed by atoms with Gasteiger partial charge in [-0.05, 0) is 73.4 Å². The molecular weight excluding hydrogens is 502 g/mol. The van der Waals surface area contributed by atoms with Gasteiger partial charge >= 0.3 is 0 Å². The van der Waals surface area contributed by atoms with Crippen LogP contribution in [0.5, 0.6) is 23.0 Å². The molecule has 7 heteroatoms. The van der Waals surface area contributed by atoms with Gasteiger partial charge in [-0.3, -0.25) is 9.78 Å². The van der Waals surface area contributed by atoms with E-state index in [2.05, 4.69) is 15.2 Å². The highest BCUT2D eigenvalue weighted by Crippen LogP contribution is 2.37. The Bertz CT molecular complexity index is 1590. The summed E-state index contributed by atoms with van der Waals surface area (Å²) in [6.07, 6.45) is 1.72. The van der Waals surface area contributed by atoms with Gasteiger partial charge in [0, 0.05) is 36.9 Å². The quantitative estimate of drug-likeness (QED) is 0.207. The molecule has 0 bridgehead atoms. The van der Waals surface area contributed by atoms with E-state index in [9.17, 15) is 4.79 Å². The number of carbonyl (C=O) groups excluding carboxylic acids is 1. The number of nitrogens with zero attached hydrogens (tertiary/aromatic N) is 2. The molecule has 0 saturated heterocycles. The third-order valence-corrected chi connectivity index (χ3v) is 6.12. The third-order valence-electron chi connectivity index (χ3n) is 6.12. The van der Waals surface area contributed by atoms with Crippen LogP contribution in [0.2, 0.25) is 0 Å². The van der Waals surface area contributed by atoms with Crippen molar-refractivity contribution in [3.8, 4) is 23.0 Å². The maximum absolute atomic E-state index is 12.5. The van der Waals surface area contributed by atoms with Crippen LogP contribution in [0.4, 0.5) is 5.69 Å². The summed E-state index contributed by atoms with van der Waals surface area (Å²) in [6, 6.07) is 26.4. The van der Waals surface area contributed by atoms with Crippen LogP contribution in [-0.4, -0.2) is 50.1 Å². The van der Waals surface area contributed by atoms with Crippen molar-refractivity contribution < 1.29 is 20.4 Å². The van der Waals surface area contributed by atoms with Gasteiger partial charge in [0.25, 0.3) is 5.91 Å². The van der Waals surface area contributed by atoms with Gasteiger partial charge in [0.05, 0.1) is 12.6 Å². The number of aromatic nitrogens is 1. The first-order valence-corrected chi connectivity index (χ1v) is 13.3. The van der Waals surface area contributed by atoms with Crippen molar-refractivity contribution in [3.05, 3.63) is 96.7 Å². The van der Waals surface area contributed by atoms with Crippen LogP contribution in [0.25, 0.3) is 21.7 Å². The molecule has 0 spiro atoms. The molecule has 4 aromatic carbocycles. The lowest BCUT2D eigenvalue weighted by Gasteiger charge is -2.15. The highest BCUT2D eigenvalue weighted by molar-refractivity contribution is 6.05. The third kappa shape index (κ3) is 6.87. The normalized spacial score (nSPS) is 10.7. The topological polar surface area (TPSA) is 72.9 Å². The molecular formula is C33H37N3O4. The minimum Gasteiger partial charge on any atom is -0.493 e. The molecule has 0 saturated carbocycles. The molecule has 208 valence electrons. The average Bonchev–Trinajstić information content (AvgIpc) is 2.98. The summed E-state index contributed by atoms with van der Waals surface area (Å²) in [5, 5.41) is 5.76. The standard InChI is InChI=1S/C31H29N3O4.C2H6.H2/c1-34(2)15-16-37-30-20-27-26(19-29(30)36-3)28(13-14-32-27)38-25-12-10-22-17-24(11-9-23(22)18-25)33-31(35)21-7-5-4-6-8-21;1-2;/h4-14,17-20H,15-16H2,1-3H3,(H,33,35);1-2H3;1H. The fourth-order valence-corrected chi connectivity index (χ4v) is 4.11. The first-order valence-electron chi connectivity index (χ1n) is 13.3. The van der Waals surface area contributed by atoms with E-state index in [1.165, 1.54) is 0 Å². The molecule has 1 aromatic heterocycles. The molecule has 1 heterocycles. The molecule has 0 fully saturated rings. The van der Waals surface area contributed by atoms with E-state index in [4.69, 9.17) is 14.2 Å². The molecule has 1 N–H and O–H groups in total. The number of methoxy groups -OCH3 is 1. The lowest BCUT2D eigenvalue weighted by Crippen LogP contribution is -2.19. The van der Waals surface area contributed by atoms with Gasteiger partial charge in [0.2, 0.25) is 0 Å². The Labute approximate surface area is 236 Å². The molecule has 7 nitrogen and oxygen atoms in total. The van der Waals surface area contributed by atoms with Crippen LogP contribution >= 0.6 is 0 Å². The van der Waals surface area contributed by atoms with Crippen molar-refractivity contribution in [2.45, 2.75) is 13.8 Å². The fourth-order valence-electron chi connectivity index (χ4n) is 4.11. The lowest BCUT2D eigenvalue weighted by atomic mass is 10.1. The van der Waals surface area contributed by atoms with E-state index >= 15 is 0 Å². The van der Waals surface area contributed by atoms with Crippen LogP contribution in [0, 0.1) is 0 Å². The van der Waals surface area contributed by atoms with Crippen LogP contribution in [-0.2, 0) is 0 Å². The van der Waals surface area contributed by atoms with Gasteiger partial charge in [-0.15, -0.1) is 0 Å². The Balaban J connectivity index is 0.00000151.